The Balaban J connectivity index is 1.94. The molecule has 2 fully saturated rings. The van der Waals surface area contributed by atoms with Crippen molar-refractivity contribution in [1.82, 2.24) is 15.1 Å². The Kier molecular flexibility index (Phi) is 4.75. The lowest BCUT2D eigenvalue weighted by Gasteiger charge is -2.43. The largest absolute Gasteiger partial charge is 0.354 e. The van der Waals surface area contributed by atoms with Crippen LogP contribution in [-0.2, 0) is 4.79 Å². The van der Waals surface area contributed by atoms with Gasteiger partial charge >= 0.3 is 0 Å². The Morgan fingerprint density at radius 2 is 1.85 bits per heavy atom. The highest BCUT2D eigenvalue weighted by molar-refractivity contribution is 5.82. The molecule has 1 atom stereocenters. The Bertz CT molecular complexity index is 350. The summed E-state index contributed by atoms with van der Waals surface area (Å²) in [4.78, 5) is 17.1. The van der Waals surface area contributed by atoms with Crippen molar-refractivity contribution in [1.29, 1.82) is 0 Å². The second kappa shape index (κ2) is 6.02. The minimum Gasteiger partial charge on any atom is -0.354 e. The van der Waals surface area contributed by atoms with E-state index in [0.717, 1.165) is 26.1 Å². The van der Waals surface area contributed by atoms with E-state index in [1.165, 1.54) is 32.1 Å². The van der Waals surface area contributed by atoms with Crippen LogP contribution in [0.3, 0.4) is 0 Å². The first kappa shape index (κ1) is 15.8. The molecule has 0 aromatic rings. The molecule has 1 heterocycles. The van der Waals surface area contributed by atoms with Crippen molar-refractivity contribution in [3.8, 4) is 0 Å². The van der Waals surface area contributed by atoms with Crippen LogP contribution in [0.25, 0.3) is 0 Å². The van der Waals surface area contributed by atoms with Gasteiger partial charge in [0.2, 0.25) is 5.91 Å². The first-order chi connectivity index (χ1) is 9.38. The smallest absolute Gasteiger partial charge is 0.227 e. The average molecular weight is 281 g/mol. The minimum atomic E-state index is -0.198. The van der Waals surface area contributed by atoms with Crippen molar-refractivity contribution in [2.45, 2.75) is 51.0 Å². The number of rotatable bonds is 4. The van der Waals surface area contributed by atoms with E-state index in [1.807, 2.05) is 0 Å². The van der Waals surface area contributed by atoms with Gasteiger partial charge in [0.25, 0.3) is 0 Å². The van der Waals surface area contributed by atoms with Crippen LogP contribution in [0.5, 0.6) is 0 Å². The number of likely N-dealkylation sites (tertiary alicyclic amines) is 1. The highest BCUT2D eigenvalue weighted by Gasteiger charge is 2.41. The van der Waals surface area contributed by atoms with E-state index in [9.17, 15) is 4.79 Å². The molecule has 1 saturated carbocycles. The number of amides is 1. The summed E-state index contributed by atoms with van der Waals surface area (Å²) in [5.74, 6) is 0.244. The van der Waals surface area contributed by atoms with Crippen molar-refractivity contribution >= 4 is 5.91 Å². The summed E-state index contributed by atoms with van der Waals surface area (Å²) in [6.07, 6.45) is 7.30. The van der Waals surface area contributed by atoms with Gasteiger partial charge in [-0.1, -0.05) is 19.3 Å². The number of carbonyl (C=O) groups is 1. The van der Waals surface area contributed by atoms with Crippen molar-refractivity contribution in [3.05, 3.63) is 0 Å². The predicted molar refractivity (Wildman–Crippen MR) is 82.7 cm³/mol. The van der Waals surface area contributed by atoms with Gasteiger partial charge in [0, 0.05) is 18.6 Å². The molecule has 0 radical (unpaired) electrons. The highest BCUT2D eigenvalue weighted by Crippen LogP contribution is 2.33. The summed E-state index contributed by atoms with van der Waals surface area (Å²) in [6.45, 7) is 4.82. The third-order valence-electron chi connectivity index (χ3n) is 5.52. The SMILES string of the molecule is CN1CCC(C)(C(=O)NCC2(N(C)C)CCCCC2)C1. The molecule has 0 aromatic carbocycles. The molecule has 0 bridgehead atoms. The van der Waals surface area contributed by atoms with E-state index < -0.39 is 0 Å². The molecular formula is C16H31N3O. The number of nitrogens with one attached hydrogen (secondary N) is 1. The Morgan fingerprint density at radius 1 is 1.20 bits per heavy atom. The van der Waals surface area contributed by atoms with Gasteiger partial charge in [-0.2, -0.15) is 0 Å². The topological polar surface area (TPSA) is 35.6 Å². The van der Waals surface area contributed by atoms with E-state index in [1.54, 1.807) is 0 Å². The van der Waals surface area contributed by atoms with Gasteiger partial charge in [0.15, 0.2) is 0 Å². The third-order valence-corrected chi connectivity index (χ3v) is 5.52. The number of carbonyl (C=O) groups excluding carboxylic acids is 1. The van der Waals surface area contributed by atoms with Crippen LogP contribution < -0.4 is 5.32 Å². The van der Waals surface area contributed by atoms with Crippen molar-refractivity contribution in [2.24, 2.45) is 5.41 Å². The monoisotopic (exact) mass is 281 g/mol. The molecule has 116 valence electrons. The maximum absolute atomic E-state index is 12.6. The van der Waals surface area contributed by atoms with E-state index in [4.69, 9.17) is 0 Å². The number of likely N-dealkylation sites (N-methyl/N-ethyl adjacent to an activating group) is 1. The summed E-state index contributed by atoms with van der Waals surface area (Å²) in [6, 6.07) is 0. The molecule has 1 N–H and O–H groups in total. The van der Waals surface area contributed by atoms with Crippen LogP contribution in [0.1, 0.15) is 45.4 Å². The maximum atomic E-state index is 12.6. The zero-order valence-corrected chi connectivity index (χ0v) is 13.7. The molecule has 1 saturated heterocycles. The van der Waals surface area contributed by atoms with E-state index in [0.29, 0.717) is 0 Å². The van der Waals surface area contributed by atoms with Crippen LogP contribution in [0.15, 0.2) is 0 Å². The molecule has 4 heteroatoms. The molecule has 20 heavy (non-hydrogen) atoms. The highest BCUT2D eigenvalue weighted by atomic mass is 16.2. The Hall–Kier alpha value is -0.610. The van der Waals surface area contributed by atoms with Gasteiger partial charge in [-0.15, -0.1) is 0 Å². The number of hydrogen-bond donors (Lipinski definition) is 1. The second-order valence-electron chi connectivity index (χ2n) is 7.41. The Morgan fingerprint density at radius 3 is 2.35 bits per heavy atom. The molecule has 1 amide bonds. The van der Waals surface area contributed by atoms with Gasteiger partial charge < -0.3 is 15.1 Å². The van der Waals surface area contributed by atoms with Gasteiger partial charge in [-0.3, -0.25) is 4.79 Å². The van der Waals surface area contributed by atoms with E-state index in [-0.39, 0.29) is 16.9 Å². The summed E-state index contributed by atoms with van der Waals surface area (Å²) in [7, 11) is 6.41. The van der Waals surface area contributed by atoms with Gasteiger partial charge in [-0.05, 0) is 53.9 Å². The van der Waals surface area contributed by atoms with Crippen molar-refractivity contribution in [3.63, 3.8) is 0 Å². The van der Waals surface area contributed by atoms with Crippen LogP contribution in [0, 0.1) is 5.41 Å². The molecular weight excluding hydrogens is 250 g/mol. The van der Waals surface area contributed by atoms with Gasteiger partial charge in [0.05, 0.1) is 5.41 Å². The quantitative estimate of drug-likeness (QED) is 0.852. The van der Waals surface area contributed by atoms with Gasteiger partial charge in [-0.25, -0.2) is 0 Å². The summed E-state index contributed by atoms with van der Waals surface area (Å²) in [5, 5.41) is 3.27. The van der Waals surface area contributed by atoms with Crippen LogP contribution in [-0.4, -0.2) is 62.0 Å². The van der Waals surface area contributed by atoms with Crippen LogP contribution in [0.4, 0.5) is 0 Å². The van der Waals surface area contributed by atoms with Crippen LogP contribution in [0.2, 0.25) is 0 Å². The standard InChI is InChI=1S/C16H31N3O/c1-15(10-11-19(4)13-15)14(20)17-12-16(18(2)3)8-6-5-7-9-16/h5-13H2,1-4H3,(H,17,20). The molecule has 2 rings (SSSR count). The molecule has 0 aromatic heterocycles. The lowest BCUT2D eigenvalue weighted by molar-refractivity contribution is -0.130. The fraction of sp³-hybridized carbons (Fsp3) is 0.938. The van der Waals surface area contributed by atoms with Gasteiger partial charge in [0.1, 0.15) is 0 Å². The molecule has 1 aliphatic heterocycles. The Labute approximate surface area is 123 Å². The van der Waals surface area contributed by atoms with Crippen LogP contribution >= 0.6 is 0 Å². The maximum Gasteiger partial charge on any atom is 0.227 e. The molecule has 0 spiro atoms. The fourth-order valence-electron chi connectivity index (χ4n) is 3.83. The summed E-state index contributed by atoms with van der Waals surface area (Å²) >= 11 is 0. The minimum absolute atomic E-state index is 0.175. The van der Waals surface area contributed by atoms with E-state index >= 15 is 0 Å². The van der Waals surface area contributed by atoms with Crippen molar-refractivity contribution < 1.29 is 4.79 Å². The summed E-state index contributed by atoms with van der Waals surface area (Å²) < 4.78 is 0. The lowest BCUT2D eigenvalue weighted by atomic mass is 9.80. The molecule has 1 unspecified atom stereocenters. The normalized spacial score (nSPS) is 30.6. The first-order valence-electron chi connectivity index (χ1n) is 8.02. The third kappa shape index (κ3) is 3.17. The zero-order chi connectivity index (χ0) is 14.8. The lowest BCUT2D eigenvalue weighted by Crippen LogP contribution is -2.55. The molecule has 4 nitrogen and oxygen atoms in total. The number of hydrogen-bond acceptors (Lipinski definition) is 3. The number of nitrogens with zero attached hydrogens (tertiary/aromatic N) is 2. The first-order valence-corrected chi connectivity index (χ1v) is 8.02. The second-order valence-corrected chi connectivity index (χ2v) is 7.41. The molecule has 2 aliphatic rings. The zero-order valence-electron chi connectivity index (χ0n) is 13.7. The van der Waals surface area contributed by atoms with E-state index in [2.05, 4.69) is 43.2 Å². The average Bonchev–Trinajstić information content (AvgIpc) is 2.78. The predicted octanol–water partition coefficient (Wildman–Crippen LogP) is 1.71. The summed E-state index contributed by atoms with van der Waals surface area (Å²) in [5.41, 5.74) is -0.0221. The van der Waals surface area contributed by atoms with Crippen molar-refractivity contribution in [2.75, 3.05) is 40.8 Å². The fourth-order valence-corrected chi connectivity index (χ4v) is 3.83. The molecule has 1 aliphatic carbocycles.